The molecule has 0 unspecified atom stereocenters. The predicted molar refractivity (Wildman–Crippen MR) is 73.5 cm³/mol. The largest absolute Gasteiger partial charge is 0.459 e. The van der Waals surface area contributed by atoms with E-state index < -0.39 is 16.4 Å². The molecular formula is C13H19BrN2O3. The topological polar surface area (TPSA) is 70.4 Å². The lowest BCUT2D eigenvalue weighted by atomic mass is 9.98. The maximum atomic E-state index is 12.1. The van der Waals surface area contributed by atoms with Gasteiger partial charge in [0.2, 0.25) is 5.91 Å². The lowest BCUT2D eigenvalue weighted by Crippen LogP contribution is -2.45. The van der Waals surface area contributed by atoms with E-state index in [1.54, 1.807) is 25.7 Å². The highest BCUT2D eigenvalue weighted by Crippen LogP contribution is 2.20. The second-order valence-electron chi connectivity index (χ2n) is 5.62. The minimum atomic E-state index is -0.967. The number of nitriles is 1. The minimum Gasteiger partial charge on any atom is -0.459 e. The average molecular weight is 331 g/mol. The van der Waals surface area contributed by atoms with Crippen LogP contribution in [0.15, 0.2) is 0 Å². The van der Waals surface area contributed by atoms with Crippen molar-refractivity contribution in [1.82, 2.24) is 4.90 Å². The number of halogens is 1. The molecule has 6 heteroatoms. The quantitative estimate of drug-likeness (QED) is 0.440. The van der Waals surface area contributed by atoms with E-state index in [1.807, 2.05) is 0 Å². The molecule has 0 saturated carbocycles. The standard InChI is InChI=1S/C13H19BrN2O3/c1-13(2,3)19-12(18)10(14)11(17)16-6-4-9(8-15)5-7-16/h9-10H,4-7H2,1-3H3/t10-/m0/s1. The summed E-state index contributed by atoms with van der Waals surface area (Å²) >= 11 is 3.10. The molecule has 1 atom stereocenters. The fourth-order valence-corrected chi connectivity index (χ4v) is 2.23. The average Bonchev–Trinajstić information content (AvgIpc) is 2.35. The van der Waals surface area contributed by atoms with Crippen LogP contribution < -0.4 is 0 Å². The lowest BCUT2D eigenvalue weighted by Gasteiger charge is -2.31. The normalized spacial score (nSPS) is 18.6. The van der Waals surface area contributed by atoms with Crippen molar-refractivity contribution in [3.63, 3.8) is 0 Å². The van der Waals surface area contributed by atoms with Gasteiger partial charge in [0.25, 0.3) is 0 Å². The molecule has 0 N–H and O–H groups in total. The maximum absolute atomic E-state index is 12.1. The molecule has 1 fully saturated rings. The van der Waals surface area contributed by atoms with Crippen molar-refractivity contribution in [2.45, 2.75) is 44.0 Å². The molecular weight excluding hydrogens is 312 g/mol. The number of piperidine rings is 1. The van der Waals surface area contributed by atoms with Gasteiger partial charge in [0.05, 0.1) is 6.07 Å². The number of ether oxygens (including phenoxy) is 1. The van der Waals surface area contributed by atoms with E-state index >= 15 is 0 Å². The highest BCUT2D eigenvalue weighted by molar-refractivity contribution is 9.10. The van der Waals surface area contributed by atoms with Gasteiger partial charge < -0.3 is 9.64 Å². The molecule has 19 heavy (non-hydrogen) atoms. The Morgan fingerprint density at radius 2 is 1.89 bits per heavy atom. The number of likely N-dealkylation sites (tertiary alicyclic amines) is 1. The Morgan fingerprint density at radius 3 is 2.32 bits per heavy atom. The van der Waals surface area contributed by atoms with Gasteiger partial charge in [-0.05, 0) is 33.6 Å². The molecule has 106 valence electrons. The molecule has 0 aliphatic carbocycles. The van der Waals surface area contributed by atoms with Crippen molar-refractivity contribution < 1.29 is 14.3 Å². The molecule has 1 amide bonds. The molecule has 0 radical (unpaired) electrons. The molecule has 1 heterocycles. The first-order chi connectivity index (χ1) is 8.74. The molecule has 1 aliphatic heterocycles. The van der Waals surface area contributed by atoms with Gasteiger partial charge in [-0.25, -0.2) is 0 Å². The summed E-state index contributed by atoms with van der Waals surface area (Å²) in [6.07, 6.45) is 1.33. The molecule has 1 aliphatic rings. The van der Waals surface area contributed by atoms with E-state index in [2.05, 4.69) is 22.0 Å². The molecule has 1 saturated heterocycles. The van der Waals surface area contributed by atoms with Gasteiger partial charge in [-0.15, -0.1) is 0 Å². The van der Waals surface area contributed by atoms with E-state index in [1.165, 1.54) is 0 Å². The SMILES string of the molecule is CC(C)(C)OC(=O)[C@@H](Br)C(=O)N1CCC(C#N)CC1. The Morgan fingerprint density at radius 1 is 1.37 bits per heavy atom. The monoisotopic (exact) mass is 330 g/mol. The Balaban J connectivity index is 2.54. The number of nitrogens with zero attached hydrogens (tertiary/aromatic N) is 2. The summed E-state index contributed by atoms with van der Waals surface area (Å²) in [5.74, 6) is -0.843. The molecule has 1 rings (SSSR count). The maximum Gasteiger partial charge on any atom is 0.329 e. The first-order valence-corrected chi connectivity index (χ1v) is 7.21. The number of carbonyl (C=O) groups excluding carboxylic acids is 2. The number of esters is 1. The van der Waals surface area contributed by atoms with Crippen LogP contribution in [0.25, 0.3) is 0 Å². The van der Waals surface area contributed by atoms with E-state index in [4.69, 9.17) is 10.00 Å². The van der Waals surface area contributed by atoms with E-state index in [-0.39, 0.29) is 11.8 Å². The zero-order valence-corrected chi connectivity index (χ0v) is 13.1. The van der Waals surface area contributed by atoms with Crippen LogP contribution in [-0.4, -0.2) is 40.3 Å². The summed E-state index contributed by atoms with van der Waals surface area (Å²) in [6.45, 7) is 6.30. The first-order valence-electron chi connectivity index (χ1n) is 6.30. The molecule has 0 aromatic heterocycles. The third kappa shape index (κ3) is 4.83. The smallest absolute Gasteiger partial charge is 0.329 e. The Kier molecular flexibility index (Phi) is 5.36. The zero-order valence-electron chi connectivity index (χ0n) is 11.5. The lowest BCUT2D eigenvalue weighted by molar-refractivity contribution is -0.157. The minimum absolute atomic E-state index is 0.0133. The van der Waals surface area contributed by atoms with Crippen molar-refractivity contribution in [3.8, 4) is 6.07 Å². The van der Waals surface area contributed by atoms with Crippen LogP contribution in [0.3, 0.4) is 0 Å². The van der Waals surface area contributed by atoms with Crippen molar-refractivity contribution in [2.75, 3.05) is 13.1 Å². The summed E-state index contributed by atoms with van der Waals surface area (Å²) in [5.41, 5.74) is -0.614. The van der Waals surface area contributed by atoms with E-state index in [0.29, 0.717) is 25.9 Å². The van der Waals surface area contributed by atoms with Crippen molar-refractivity contribution in [2.24, 2.45) is 5.92 Å². The number of rotatable bonds is 2. The van der Waals surface area contributed by atoms with Gasteiger partial charge in [0.15, 0.2) is 4.83 Å². The van der Waals surface area contributed by atoms with Gasteiger partial charge in [-0.3, -0.25) is 9.59 Å². The summed E-state index contributed by atoms with van der Waals surface area (Å²) in [7, 11) is 0. The third-order valence-corrected chi connectivity index (χ3v) is 3.59. The Hall–Kier alpha value is -1.09. The van der Waals surface area contributed by atoms with Crippen LogP contribution in [-0.2, 0) is 14.3 Å². The van der Waals surface area contributed by atoms with Gasteiger partial charge in [0, 0.05) is 19.0 Å². The second-order valence-corrected chi connectivity index (χ2v) is 6.54. The molecule has 5 nitrogen and oxygen atoms in total. The summed E-state index contributed by atoms with van der Waals surface area (Å²) < 4.78 is 5.17. The molecule has 0 spiro atoms. The summed E-state index contributed by atoms with van der Waals surface area (Å²) in [5, 5.41) is 8.80. The number of amides is 1. The molecule has 0 bridgehead atoms. The van der Waals surface area contributed by atoms with Crippen LogP contribution in [0, 0.1) is 17.2 Å². The number of hydrogen-bond acceptors (Lipinski definition) is 4. The molecule has 0 aromatic carbocycles. The first kappa shape index (κ1) is 16.0. The van der Waals surface area contributed by atoms with Gasteiger partial charge in [-0.1, -0.05) is 15.9 Å². The summed E-state index contributed by atoms with van der Waals surface area (Å²) in [4.78, 5) is 24.6. The van der Waals surface area contributed by atoms with Gasteiger partial charge in [0.1, 0.15) is 5.60 Å². The van der Waals surface area contributed by atoms with E-state index in [9.17, 15) is 9.59 Å². The van der Waals surface area contributed by atoms with Crippen LogP contribution in [0.5, 0.6) is 0 Å². The van der Waals surface area contributed by atoms with Crippen LogP contribution in [0.1, 0.15) is 33.6 Å². The summed E-state index contributed by atoms with van der Waals surface area (Å²) in [6, 6.07) is 2.21. The Labute approximate surface area is 122 Å². The third-order valence-electron chi connectivity index (χ3n) is 2.82. The molecule has 0 aromatic rings. The number of alkyl halides is 1. The van der Waals surface area contributed by atoms with Crippen molar-refractivity contribution >= 4 is 27.8 Å². The van der Waals surface area contributed by atoms with Crippen LogP contribution in [0.4, 0.5) is 0 Å². The fraction of sp³-hybridized carbons (Fsp3) is 0.769. The van der Waals surface area contributed by atoms with Crippen molar-refractivity contribution in [3.05, 3.63) is 0 Å². The van der Waals surface area contributed by atoms with Crippen LogP contribution >= 0.6 is 15.9 Å². The zero-order chi connectivity index (χ0) is 14.6. The number of carbonyl (C=O) groups is 2. The van der Waals surface area contributed by atoms with Crippen molar-refractivity contribution in [1.29, 1.82) is 5.26 Å². The second kappa shape index (κ2) is 6.38. The highest BCUT2D eigenvalue weighted by atomic mass is 79.9. The van der Waals surface area contributed by atoms with E-state index in [0.717, 1.165) is 0 Å². The van der Waals surface area contributed by atoms with Gasteiger partial charge >= 0.3 is 5.97 Å². The highest BCUT2D eigenvalue weighted by Gasteiger charge is 2.33. The predicted octanol–water partition coefficient (Wildman–Crippen LogP) is 1.85. The Bertz CT molecular complexity index is 390. The number of hydrogen-bond donors (Lipinski definition) is 0. The van der Waals surface area contributed by atoms with Gasteiger partial charge in [-0.2, -0.15) is 5.26 Å². The fourth-order valence-electron chi connectivity index (χ4n) is 1.84. The van der Waals surface area contributed by atoms with Crippen LogP contribution in [0.2, 0.25) is 0 Å².